The predicted octanol–water partition coefficient (Wildman–Crippen LogP) is 5.75. The average molecular weight is 548 g/mol. The molecule has 4 amide bonds. The molecule has 0 spiro atoms. The number of carbonyl (C=O) groups excluding carboxylic acids is 4. The van der Waals surface area contributed by atoms with Crippen molar-refractivity contribution in [1.82, 2.24) is 10.2 Å². The summed E-state index contributed by atoms with van der Waals surface area (Å²) in [4.78, 5) is 53.5. The quantitative estimate of drug-likeness (QED) is 0.166. The first-order chi connectivity index (χ1) is 19.4. The van der Waals surface area contributed by atoms with Crippen LogP contribution in [0.1, 0.15) is 42.2 Å². The molecule has 0 unspecified atom stereocenters. The van der Waals surface area contributed by atoms with Crippen molar-refractivity contribution in [2.24, 2.45) is 0 Å². The molecule has 0 aliphatic carbocycles. The van der Waals surface area contributed by atoms with Crippen molar-refractivity contribution in [2.45, 2.75) is 11.8 Å². The minimum atomic E-state index is -0.493. The second kappa shape index (κ2) is 11.8. The molecule has 8 heteroatoms. The highest BCUT2D eigenvalue weighted by molar-refractivity contribution is 7.99. The van der Waals surface area contributed by atoms with Gasteiger partial charge in [-0.3, -0.25) is 24.1 Å². The van der Waals surface area contributed by atoms with E-state index in [1.807, 2.05) is 43.3 Å². The van der Waals surface area contributed by atoms with E-state index in [-0.39, 0.29) is 23.4 Å². The Morgan fingerprint density at radius 3 is 2.12 bits per heavy atom. The monoisotopic (exact) mass is 547 g/mol. The van der Waals surface area contributed by atoms with E-state index in [0.29, 0.717) is 22.4 Å². The Morgan fingerprint density at radius 1 is 0.800 bits per heavy atom. The topological polar surface area (TPSA) is 95.6 Å². The highest BCUT2D eigenvalue weighted by Crippen LogP contribution is 2.28. The Bertz CT molecular complexity index is 1600. The van der Waals surface area contributed by atoms with E-state index in [2.05, 4.69) is 10.6 Å². The zero-order valence-corrected chi connectivity index (χ0v) is 22.4. The van der Waals surface area contributed by atoms with Gasteiger partial charge in [0, 0.05) is 16.1 Å². The number of carbonyl (C=O) groups is 4. The van der Waals surface area contributed by atoms with Crippen molar-refractivity contribution < 1.29 is 19.2 Å². The van der Waals surface area contributed by atoms with Crippen molar-refractivity contribution in [3.05, 3.63) is 137 Å². The second-order valence-corrected chi connectivity index (χ2v) is 10.1. The third-order valence-electron chi connectivity index (χ3n) is 6.25. The Balaban J connectivity index is 1.30. The van der Waals surface area contributed by atoms with Crippen molar-refractivity contribution in [1.29, 1.82) is 0 Å². The fourth-order valence-electron chi connectivity index (χ4n) is 4.13. The Hall–Kier alpha value is -4.95. The molecule has 40 heavy (non-hydrogen) atoms. The van der Waals surface area contributed by atoms with Gasteiger partial charge in [-0.1, -0.05) is 66.2 Å². The van der Waals surface area contributed by atoms with Gasteiger partial charge in [-0.2, -0.15) is 0 Å². The van der Waals surface area contributed by atoms with Gasteiger partial charge in [-0.25, -0.2) is 0 Å². The van der Waals surface area contributed by atoms with Crippen LogP contribution in [0, 0.1) is 6.92 Å². The van der Waals surface area contributed by atoms with Crippen LogP contribution in [0.5, 0.6) is 0 Å². The molecule has 0 fully saturated rings. The molecule has 0 radical (unpaired) electrons. The van der Waals surface area contributed by atoms with E-state index in [9.17, 15) is 19.2 Å². The second-order valence-electron chi connectivity index (χ2n) is 9.13. The molecule has 0 saturated carbocycles. The molecule has 0 aromatic heterocycles. The van der Waals surface area contributed by atoms with E-state index >= 15 is 0 Å². The molecule has 198 valence electrons. The number of anilines is 1. The van der Waals surface area contributed by atoms with E-state index in [1.165, 1.54) is 16.7 Å². The van der Waals surface area contributed by atoms with Crippen molar-refractivity contribution in [2.75, 3.05) is 11.2 Å². The van der Waals surface area contributed by atoms with Crippen LogP contribution in [-0.4, -0.2) is 34.4 Å². The van der Waals surface area contributed by atoms with Crippen molar-refractivity contribution in [3.8, 4) is 0 Å². The summed E-state index contributed by atoms with van der Waals surface area (Å²) in [5.74, 6) is -1.41. The first-order valence-corrected chi connectivity index (χ1v) is 13.5. The lowest BCUT2D eigenvalue weighted by molar-refractivity contribution is -0.113. The van der Waals surface area contributed by atoms with Gasteiger partial charge in [-0.05, 0) is 61.0 Å². The smallest absolute Gasteiger partial charge is 0.272 e. The van der Waals surface area contributed by atoms with Gasteiger partial charge in [0.1, 0.15) is 5.70 Å². The van der Waals surface area contributed by atoms with Crippen LogP contribution in [0.4, 0.5) is 5.69 Å². The molecule has 1 aliphatic heterocycles. The molecule has 4 aromatic carbocycles. The molecule has 0 bridgehead atoms. The van der Waals surface area contributed by atoms with E-state index in [4.69, 9.17) is 0 Å². The Morgan fingerprint density at radius 2 is 1.45 bits per heavy atom. The Kier molecular flexibility index (Phi) is 7.89. The van der Waals surface area contributed by atoms with Gasteiger partial charge < -0.3 is 10.6 Å². The van der Waals surface area contributed by atoms with E-state index < -0.39 is 11.8 Å². The summed E-state index contributed by atoms with van der Waals surface area (Å²) in [5.41, 5.74) is 3.65. The Labute approximate surface area is 235 Å². The van der Waals surface area contributed by atoms with Gasteiger partial charge in [0.25, 0.3) is 23.6 Å². The SMILES string of the molecule is Cc1ccc(/C=C(/NC(=O)c2ccccc2)C(=O)Nc2cccc(SCN3C(=O)c4ccccc4C3=O)c2)cc1. The lowest BCUT2D eigenvalue weighted by atomic mass is 10.1. The van der Waals surface area contributed by atoms with Gasteiger partial charge in [0.05, 0.1) is 17.0 Å². The normalized spacial score (nSPS) is 12.7. The van der Waals surface area contributed by atoms with E-state index in [1.54, 1.807) is 72.8 Å². The summed E-state index contributed by atoms with van der Waals surface area (Å²) < 4.78 is 0. The maximum absolute atomic E-state index is 13.3. The predicted molar refractivity (Wildman–Crippen MR) is 156 cm³/mol. The zero-order valence-electron chi connectivity index (χ0n) is 21.6. The molecule has 0 saturated heterocycles. The maximum atomic E-state index is 13.3. The lowest BCUT2D eigenvalue weighted by Gasteiger charge is -2.14. The third kappa shape index (κ3) is 6.03. The minimum absolute atomic E-state index is 0.0850. The number of aryl methyl sites for hydroxylation is 1. The molecule has 0 atom stereocenters. The van der Waals surface area contributed by atoms with Crippen LogP contribution in [0.15, 0.2) is 114 Å². The number of hydrogen-bond donors (Lipinski definition) is 2. The molecule has 7 nitrogen and oxygen atoms in total. The summed E-state index contributed by atoms with van der Waals surface area (Å²) in [7, 11) is 0. The molecule has 2 N–H and O–H groups in total. The molecular weight excluding hydrogens is 522 g/mol. The van der Waals surface area contributed by atoms with Gasteiger partial charge in [0.15, 0.2) is 0 Å². The van der Waals surface area contributed by atoms with Crippen molar-refractivity contribution in [3.63, 3.8) is 0 Å². The molecular formula is C32H25N3O4S. The summed E-state index contributed by atoms with van der Waals surface area (Å²) in [6.45, 7) is 1.97. The number of nitrogens with zero attached hydrogens (tertiary/aromatic N) is 1. The largest absolute Gasteiger partial charge is 0.321 e. The summed E-state index contributed by atoms with van der Waals surface area (Å²) in [6, 6.07) is 30.1. The number of fused-ring (bicyclic) bond motifs is 1. The standard InChI is InChI=1S/C32H25N3O4S/c1-21-14-16-22(17-15-21)18-28(34-29(36)23-8-3-2-4-9-23)30(37)33-24-10-7-11-25(19-24)40-20-35-31(38)26-12-5-6-13-27(26)32(35)39/h2-19H,20H2,1H3,(H,33,37)(H,34,36)/b28-18+. The number of imide groups is 1. The number of amides is 4. The van der Waals surface area contributed by atoms with Crippen LogP contribution >= 0.6 is 11.8 Å². The summed E-state index contributed by atoms with van der Waals surface area (Å²) in [6.07, 6.45) is 1.62. The van der Waals surface area contributed by atoms with Crippen molar-refractivity contribution >= 4 is 47.2 Å². The van der Waals surface area contributed by atoms with Gasteiger partial charge >= 0.3 is 0 Å². The number of hydrogen-bond acceptors (Lipinski definition) is 5. The number of benzene rings is 4. The number of rotatable bonds is 8. The van der Waals surface area contributed by atoms with Crippen LogP contribution in [0.2, 0.25) is 0 Å². The summed E-state index contributed by atoms with van der Waals surface area (Å²) in [5, 5.41) is 5.58. The van der Waals surface area contributed by atoms with Gasteiger partial charge in [-0.15, -0.1) is 11.8 Å². The maximum Gasteiger partial charge on any atom is 0.272 e. The molecule has 1 aliphatic rings. The van der Waals surface area contributed by atoms with Crippen LogP contribution in [0.3, 0.4) is 0 Å². The third-order valence-corrected chi connectivity index (χ3v) is 7.22. The van der Waals surface area contributed by atoms with Crippen LogP contribution in [0.25, 0.3) is 6.08 Å². The fraction of sp³-hybridized carbons (Fsp3) is 0.0625. The highest BCUT2D eigenvalue weighted by Gasteiger charge is 2.34. The van der Waals surface area contributed by atoms with Gasteiger partial charge in [0.2, 0.25) is 0 Å². The first-order valence-electron chi connectivity index (χ1n) is 12.5. The lowest BCUT2D eigenvalue weighted by Crippen LogP contribution is -2.30. The number of thioether (sulfide) groups is 1. The zero-order chi connectivity index (χ0) is 28.1. The molecule has 4 aromatic rings. The molecule has 1 heterocycles. The van der Waals surface area contributed by atoms with Crippen LogP contribution in [-0.2, 0) is 4.79 Å². The first kappa shape index (κ1) is 26.6. The average Bonchev–Trinajstić information content (AvgIpc) is 3.22. The van der Waals surface area contributed by atoms with Crippen LogP contribution < -0.4 is 10.6 Å². The minimum Gasteiger partial charge on any atom is -0.321 e. The fourth-order valence-corrected chi connectivity index (χ4v) is 5.03. The highest BCUT2D eigenvalue weighted by atomic mass is 32.2. The van der Waals surface area contributed by atoms with E-state index in [0.717, 1.165) is 16.0 Å². The molecule has 5 rings (SSSR count). The number of nitrogens with one attached hydrogen (secondary N) is 2. The summed E-state index contributed by atoms with van der Waals surface area (Å²) >= 11 is 1.31.